The zero-order chi connectivity index (χ0) is 5.70. The summed E-state index contributed by atoms with van der Waals surface area (Å²) in [7, 11) is 0. The highest BCUT2D eigenvalue weighted by Crippen LogP contribution is 1.99. The molecule has 0 aromatic carbocycles. The smallest absolute Gasteiger partial charge is 0.118 e. The molecule has 0 spiro atoms. The summed E-state index contributed by atoms with van der Waals surface area (Å²) in [6.07, 6.45) is 3.82. The number of hydrogen-bond acceptors (Lipinski definition) is 1. The molecule has 0 aliphatic carbocycles. The van der Waals surface area contributed by atoms with E-state index in [0.29, 0.717) is 6.42 Å². The summed E-state index contributed by atoms with van der Waals surface area (Å²) in [4.78, 5) is 0. The molecule has 1 radical (unpaired) electrons. The van der Waals surface area contributed by atoms with E-state index >= 15 is 0 Å². The van der Waals surface area contributed by atoms with Crippen LogP contribution in [-0.2, 0) is 0 Å². The van der Waals surface area contributed by atoms with E-state index in [1.165, 1.54) is 6.08 Å². The Morgan fingerprint density at radius 3 is 2.29 bits per heavy atom. The highest BCUT2D eigenvalue weighted by atomic mass is 16.3. The Kier molecular flexibility index (Phi) is 3.33. The van der Waals surface area contributed by atoms with Gasteiger partial charge >= 0.3 is 0 Å². The molecule has 0 atom stereocenters. The van der Waals surface area contributed by atoms with Crippen molar-refractivity contribution in [3.05, 3.63) is 31.4 Å². The van der Waals surface area contributed by atoms with Crippen LogP contribution in [0.15, 0.2) is 25.3 Å². The van der Waals surface area contributed by atoms with Gasteiger partial charge in [-0.2, -0.15) is 0 Å². The molecule has 39 valence electrons. The summed E-state index contributed by atoms with van der Waals surface area (Å²) < 4.78 is 0. The highest BCUT2D eigenvalue weighted by Gasteiger charge is 1.90. The second-order valence-electron chi connectivity index (χ2n) is 1.19. The Balaban J connectivity index is 3.15. The van der Waals surface area contributed by atoms with Crippen LogP contribution in [0.4, 0.5) is 0 Å². The Bertz CT molecular complexity index is 66.6. The van der Waals surface area contributed by atoms with Gasteiger partial charge in [0.25, 0.3) is 0 Å². The van der Waals surface area contributed by atoms with Crippen molar-refractivity contribution in [1.82, 2.24) is 0 Å². The largest absolute Gasteiger partial charge is 0.382 e. The molecule has 1 heteroatoms. The van der Waals surface area contributed by atoms with E-state index in [0.717, 1.165) is 0 Å². The fourth-order valence-corrected chi connectivity index (χ4v) is 0.231. The zero-order valence-electron chi connectivity index (χ0n) is 4.22. The van der Waals surface area contributed by atoms with E-state index in [9.17, 15) is 0 Å². The number of rotatable bonds is 3. The van der Waals surface area contributed by atoms with Crippen LogP contribution >= 0.6 is 0 Å². The van der Waals surface area contributed by atoms with Gasteiger partial charge in [0.15, 0.2) is 0 Å². The molecule has 0 aromatic heterocycles. The molecule has 1 nitrogen and oxygen atoms in total. The van der Waals surface area contributed by atoms with Gasteiger partial charge in [0, 0.05) is 6.42 Å². The molecule has 0 fully saturated rings. The van der Waals surface area contributed by atoms with Gasteiger partial charge in [-0.1, -0.05) is 12.2 Å². The van der Waals surface area contributed by atoms with E-state index in [1.54, 1.807) is 6.08 Å². The van der Waals surface area contributed by atoms with E-state index < -0.39 is 0 Å². The predicted molar refractivity (Wildman–Crippen MR) is 30.2 cm³/mol. The molecule has 0 saturated heterocycles. The number of aliphatic hydroxyl groups is 1. The molecule has 0 aromatic rings. The van der Waals surface area contributed by atoms with Crippen molar-refractivity contribution in [2.75, 3.05) is 0 Å². The molecule has 0 saturated carbocycles. The summed E-state index contributed by atoms with van der Waals surface area (Å²) >= 11 is 0. The average molecular weight is 97.1 g/mol. The van der Waals surface area contributed by atoms with E-state index in [-0.39, 0.29) is 6.10 Å². The predicted octanol–water partition coefficient (Wildman–Crippen LogP) is 1.65. The molecular formula is C6H9O. The quantitative estimate of drug-likeness (QED) is 0.531. The van der Waals surface area contributed by atoms with Gasteiger partial charge in [-0.15, -0.1) is 13.2 Å². The summed E-state index contributed by atoms with van der Waals surface area (Å²) in [5, 5.41) is 8.59. The molecule has 1 N–H and O–H groups in total. The Labute approximate surface area is 44.0 Å². The average Bonchev–Trinajstić information content (AvgIpc) is 1.68. The van der Waals surface area contributed by atoms with Crippen molar-refractivity contribution < 1.29 is 5.11 Å². The molecule has 0 unspecified atom stereocenters. The van der Waals surface area contributed by atoms with Crippen molar-refractivity contribution >= 4 is 0 Å². The first kappa shape index (κ1) is 6.44. The maximum atomic E-state index is 8.59. The normalized spacial score (nSPS) is 8.86. The van der Waals surface area contributed by atoms with Crippen LogP contribution in [-0.4, -0.2) is 5.11 Å². The number of hydrogen-bond donors (Lipinski definition) is 1. The fraction of sp³-hybridized carbons (Fsp3) is 0.167. The third-order valence-corrected chi connectivity index (χ3v) is 0.589. The van der Waals surface area contributed by atoms with Crippen molar-refractivity contribution in [1.29, 1.82) is 0 Å². The second-order valence-corrected chi connectivity index (χ2v) is 1.19. The summed E-state index contributed by atoms with van der Waals surface area (Å²) in [6, 6.07) is 0. The monoisotopic (exact) mass is 97.1 g/mol. The van der Waals surface area contributed by atoms with Gasteiger partial charge in [0.05, 0.1) is 0 Å². The molecule has 0 bridgehead atoms. The van der Waals surface area contributed by atoms with Gasteiger partial charge in [-0.25, -0.2) is 0 Å². The summed E-state index contributed by atoms with van der Waals surface area (Å²) in [5.41, 5.74) is 0. The van der Waals surface area contributed by atoms with Gasteiger partial charge in [0.2, 0.25) is 0 Å². The summed E-state index contributed by atoms with van der Waals surface area (Å²) in [5.74, 6) is 0. The topological polar surface area (TPSA) is 20.2 Å². The standard InChI is InChI=1S/C6H9O/c1-3-5-6(7)4-2/h3-4,7H,1-2,5H2. The van der Waals surface area contributed by atoms with Crippen LogP contribution in [0.1, 0.15) is 6.42 Å². The Morgan fingerprint density at radius 1 is 1.57 bits per heavy atom. The van der Waals surface area contributed by atoms with Gasteiger partial charge in [-0.05, 0) is 0 Å². The maximum Gasteiger partial charge on any atom is 0.118 e. The molecule has 0 rings (SSSR count). The van der Waals surface area contributed by atoms with Gasteiger partial charge < -0.3 is 5.11 Å². The van der Waals surface area contributed by atoms with Gasteiger partial charge in [0.1, 0.15) is 6.10 Å². The second kappa shape index (κ2) is 3.62. The molecule has 0 aliphatic heterocycles. The lowest BCUT2D eigenvalue weighted by molar-refractivity contribution is 0.333. The lowest BCUT2D eigenvalue weighted by Crippen LogP contribution is -1.84. The van der Waals surface area contributed by atoms with Crippen LogP contribution in [0.2, 0.25) is 0 Å². The Morgan fingerprint density at radius 2 is 2.14 bits per heavy atom. The third-order valence-electron chi connectivity index (χ3n) is 0.589. The van der Waals surface area contributed by atoms with Crippen molar-refractivity contribution in [2.45, 2.75) is 6.42 Å². The minimum atomic E-state index is 0.273. The molecule has 7 heavy (non-hydrogen) atoms. The zero-order valence-corrected chi connectivity index (χ0v) is 4.22. The van der Waals surface area contributed by atoms with Crippen LogP contribution in [0, 0.1) is 6.10 Å². The SMILES string of the molecule is C=CC[C](O)C=C. The van der Waals surface area contributed by atoms with Crippen LogP contribution < -0.4 is 0 Å². The van der Waals surface area contributed by atoms with Crippen LogP contribution in [0.3, 0.4) is 0 Å². The maximum absolute atomic E-state index is 8.59. The first-order valence-electron chi connectivity index (χ1n) is 2.09. The first-order valence-corrected chi connectivity index (χ1v) is 2.09. The van der Waals surface area contributed by atoms with Crippen molar-refractivity contribution in [3.8, 4) is 0 Å². The molecular weight excluding hydrogens is 88.1 g/mol. The van der Waals surface area contributed by atoms with Crippen molar-refractivity contribution in [2.24, 2.45) is 0 Å². The van der Waals surface area contributed by atoms with E-state index in [4.69, 9.17) is 5.11 Å². The molecule has 0 amide bonds. The third kappa shape index (κ3) is 3.27. The molecule has 0 heterocycles. The lowest BCUT2D eigenvalue weighted by atomic mass is 10.2. The minimum absolute atomic E-state index is 0.273. The number of aliphatic hydroxyl groups excluding tert-OH is 1. The van der Waals surface area contributed by atoms with Crippen LogP contribution in [0.5, 0.6) is 0 Å². The lowest BCUT2D eigenvalue weighted by Gasteiger charge is -1.93. The molecule has 0 aliphatic rings. The minimum Gasteiger partial charge on any atom is -0.382 e. The van der Waals surface area contributed by atoms with E-state index in [1.807, 2.05) is 0 Å². The first-order chi connectivity index (χ1) is 3.31. The van der Waals surface area contributed by atoms with E-state index in [2.05, 4.69) is 13.2 Å². The highest BCUT2D eigenvalue weighted by molar-refractivity contribution is 4.99. The fourth-order valence-electron chi connectivity index (χ4n) is 0.231. The van der Waals surface area contributed by atoms with Crippen molar-refractivity contribution in [3.63, 3.8) is 0 Å². The van der Waals surface area contributed by atoms with Crippen LogP contribution in [0.25, 0.3) is 0 Å². The Hall–Kier alpha value is -0.560. The van der Waals surface area contributed by atoms with Gasteiger partial charge in [-0.3, -0.25) is 0 Å². The summed E-state index contributed by atoms with van der Waals surface area (Å²) in [6.45, 7) is 6.76.